The minimum atomic E-state index is -0.708. The van der Waals surface area contributed by atoms with Crippen LogP contribution in [-0.2, 0) is 4.74 Å². The summed E-state index contributed by atoms with van der Waals surface area (Å²) in [4.78, 5) is 31.1. The zero-order valence-electron chi connectivity index (χ0n) is 25.8. The molecule has 1 spiro atoms. The maximum absolute atomic E-state index is 16.8. The van der Waals surface area contributed by atoms with Gasteiger partial charge >= 0.3 is 12.0 Å². The zero-order valence-corrected chi connectivity index (χ0v) is 25.8. The molecular formula is C34H37F2N7O3. The van der Waals surface area contributed by atoms with Gasteiger partial charge in [-0.3, -0.25) is 9.88 Å². The van der Waals surface area contributed by atoms with Gasteiger partial charge in [0.1, 0.15) is 35.0 Å². The maximum atomic E-state index is 16.8. The molecule has 4 aromatic rings. The van der Waals surface area contributed by atoms with Gasteiger partial charge in [-0.2, -0.15) is 9.97 Å². The number of nitrogens with zero attached hydrogens (tertiary/aromatic N) is 5. The Morgan fingerprint density at radius 1 is 1.00 bits per heavy atom. The third-order valence-corrected chi connectivity index (χ3v) is 10.5. The van der Waals surface area contributed by atoms with Gasteiger partial charge in [0, 0.05) is 37.3 Å². The molecule has 4 saturated heterocycles. The number of carbonyl (C=O) groups excluding carboxylic acids is 1. The highest BCUT2D eigenvalue weighted by Gasteiger charge is 2.49. The summed E-state index contributed by atoms with van der Waals surface area (Å²) in [5, 5.41) is 7.34. The average Bonchev–Trinajstić information content (AvgIpc) is 3.68. The van der Waals surface area contributed by atoms with E-state index in [0.29, 0.717) is 53.7 Å². The predicted molar refractivity (Wildman–Crippen MR) is 170 cm³/mol. The zero-order chi connectivity index (χ0) is 31.5. The van der Waals surface area contributed by atoms with Crippen molar-refractivity contribution in [3.8, 4) is 17.3 Å². The topological polar surface area (TPSA) is 105 Å². The Labute approximate surface area is 265 Å². The van der Waals surface area contributed by atoms with Gasteiger partial charge in [0.25, 0.3) is 0 Å². The first-order valence-electron chi connectivity index (χ1n) is 16.2. The van der Waals surface area contributed by atoms with Gasteiger partial charge in [-0.25, -0.2) is 13.6 Å². The van der Waals surface area contributed by atoms with E-state index in [1.165, 1.54) is 6.07 Å². The van der Waals surface area contributed by atoms with Crippen molar-refractivity contribution in [2.24, 2.45) is 0 Å². The van der Waals surface area contributed by atoms with Gasteiger partial charge in [0.2, 0.25) is 0 Å². The molecule has 0 bridgehead atoms. The Morgan fingerprint density at radius 3 is 2.61 bits per heavy atom. The van der Waals surface area contributed by atoms with Crippen LogP contribution in [0.5, 0.6) is 6.01 Å². The van der Waals surface area contributed by atoms with Crippen LogP contribution in [0.3, 0.4) is 0 Å². The number of halogens is 2. The predicted octanol–water partition coefficient (Wildman–Crippen LogP) is 5.14. The molecule has 0 saturated carbocycles. The number of urea groups is 1. The number of anilines is 1. The van der Waals surface area contributed by atoms with Crippen molar-refractivity contribution < 1.29 is 23.0 Å². The fourth-order valence-corrected chi connectivity index (χ4v) is 8.28. The lowest BCUT2D eigenvalue weighted by Crippen LogP contribution is -2.57. The van der Waals surface area contributed by atoms with Crippen molar-refractivity contribution in [2.45, 2.75) is 62.3 Å². The van der Waals surface area contributed by atoms with Crippen molar-refractivity contribution in [1.82, 2.24) is 30.5 Å². The van der Waals surface area contributed by atoms with Crippen molar-refractivity contribution >= 4 is 33.5 Å². The van der Waals surface area contributed by atoms with E-state index in [1.54, 1.807) is 43.6 Å². The number of pyridine rings is 1. The van der Waals surface area contributed by atoms with Crippen molar-refractivity contribution in [3.63, 3.8) is 0 Å². The summed E-state index contributed by atoms with van der Waals surface area (Å²) in [6.45, 7) is 3.52. The van der Waals surface area contributed by atoms with E-state index in [2.05, 4.69) is 30.4 Å². The fourth-order valence-electron chi connectivity index (χ4n) is 8.28. The molecule has 6 heterocycles. The molecule has 4 aliphatic heterocycles. The summed E-state index contributed by atoms with van der Waals surface area (Å²) in [6.07, 6.45) is 7.74. The maximum Gasteiger partial charge on any atom is 0.319 e. The molecule has 8 rings (SSSR count). The van der Waals surface area contributed by atoms with Crippen LogP contribution in [0.25, 0.3) is 32.9 Å². The lowest BCUT2D eigenvalue weighted by molar-refractivity contribution is 0.0321. The number of methoxy groups -OCH3 is 1. The Bertz CT molecular complexity index is 1820. The number of hydrogen-bond acceptors (Lipinski definition) is 8. The molecule has 0 aliphatic carbocycles. The van der Waals surface area contributed by atoms with E-state index in [1.807, 2.05) is 0 Å². The van der Waals surface area contributed by atoms with Crippen LogP contribution in [0.2, 0.25) is 0 Å². The normalized spacial score (nSPS) is 24.4. The summed E-state index contributed by atoms with van der Waals surface area (Å²) in [6, 6.07) is 9.83. The third kappa shape index (κ3) is 4.72. The molecule has 0 radical (unpaired) electrons. The Kier molecular flexibility index (Phi) is 7.17. The van der Waals surface area contributed by atoms with Crippen molar-refractivity contribution in [2.75, 3.05) is 44.8 Å². The smallest absolute Gasteiger partial charge is 0.319 e. The highest BCUT2D eigenvalue weighted by Crippen LogP contribution is 2.41. The number of amides is 2. The van der Waals surface area contributed by atoms with E-state index in [4.69, 9.17) is 14.5 Å². The Hall–Kier alpha value is -4.16. The summed E-state index contributed by atoms with van der Waals surface area (Å²) in [5.74, 6) is -0.640. The largest absolute Gasteiger partial charge is 0.461 e. The molecule has 2 amide bonds. The molecule has 12 heteroatoms. The van der Waals surface area contributed by atoms with Gasteiger partial charge < -0.3 is 25.0 Å². The number of fused-ring (bicyclic) bond motifs is 3. The molecule has 2 unspecified atom stereocenters. The summed E-state index contributed by atoms with van der Waals surface area (Å²) < 4.78 is 44.0. The number of carbonyl (C=O) groups is 1. The summed E-state index contributed by atoms with van der Waals surface area (Å²) in [5.41, 5.74) is -0.352. The second-order valence-corrected chi connectivity index (χ2v) is 13.1. The third-order valence-electron chi connectivity index (χ3n) is 10.5. The number of benzene rings is 2. The second-order valence-electron chi connectivity index (χ2n) is 13.1. The first kappa shape index (κ1) is 29.3. The minimum absolute atomic E-state index is 0.00851. The van der Waals surface area contributed by atoms with Gasteiger partial charge in [0.05, 0.1) is 10.9 Å². The highest BCUT2D eigenvalue weighted by atomic mass is 19.1. The number of rotatable bonds is 6. The second kappa shape index (κ2) is 11.3. The van der Waals surface area contributed by atoms with Crippen LogP contribution in [-0.4, -0.2) is 83.1 Å². The van der Waals surface area contributed by atoms with Gasteiger partial charge in [-0.1, -0.05) is 30.3 Å². The molecule has 2 aromatic heterocycles. The van der Waals surface area contributed by atoms with Crippen LogP contribution in [0.4, 0.5) is 19.4 Å². The molecule has 46 heavy (non-hydrogen) atoms. The first-order valence-corrected chi connectivity index (χ1v) is 16.2. The lowest BCUT2D eigenvalue weighted by Gasteiger charge is -2.36. The van der Waals surface area contributed by atoms with Crippen LogP contribution in [0.1, 0.15) is 44.9 Å². The van der Waals surface area contributed by atoms with Crippen LogP contribution < -0.4 is 20.3 Å². The molecular weight excluding hydrogens is 592 g/mol. The summed E-state index contributed by atoms with van der Waals surface area (Å²) >= 11 is 0. The van der Waals surface area contributed by atoms with Gasteiger partial charge in [0.15, 0.2) is 12.0 Å². The molecule has 4 fully saturated rings. The Morgan fingerprint density at radius 2 is 1.80 bits per heavy atom. The minimum Gasteiger partial charge on any atom is -0.461 e. The van der Waals surface area contributed by atoms with Crippen LogP contribution >= 0.6 is 0 Å². The lowest BCUT2D eigenvalue weighted by atomic mass is 9.92. The monoisotopic (exact) mass is 629 g/mol. The standard InChI is InChI=1S/C34H37F2N7O3/c1-45-30-34(41-31(44)40-30)14-2-3-15-42(19-34)29-23-18-37-27(22-10-4-8-21-9-5-11-24(35)25(21)22)26(36)28(23)38-32(39-29)46-20-33-12-6-16-43(33)17-7-13-33/h4-5,8-11,18,30H,2-3,6-7,12-17,19-20H2,1H3,(H2,40,41,44). The highest BCUT2D eigenvalue weighted by molar-refractivity contribution is 5.99. The molecule has 2 atom stereocenters. The molecule has 240 valence electrons. The Balaban J connectivity index is 1.26. The van der Waals surface area contributed by atoms with Gasteiger partial charge in [-0.15, -0.1) is 0 Å². The first-order chi connectivity index (χ1) is 22.4. The van der Waals surface area contributed by atoms with Crippen molar-refractivity contribution in [3.05, 3.63) is 54.2 Å². The van der Waals surface area contributed by atoms with Crippen molar-refractivity contribution in [1.29, 1.82) is 0 Å². The number of aromatic nitrogens is 3. The molecule has 10 nitrogen and oxygen atoms in total. The van der Waals surface area contributed by atoms with Gasteiger partial charge in [-0.05, 0) is 69.5 Å². The number of nitrogens with one attached hydrogen (secondary N) is 2. The SMILES string of the molecule is COC1NC(=O)NC12CCCCN(c1nc(OCC34CCCN3CCC4)nc3c(F)c(-c4cccc5cccc(F)c45)ncc13)C2. The molecule has 4 aliphatic rings. The quantitative estimate of drug-likeness (QED) is 0.302. The average molecular weight is 630 g/mol. The van der Waals surface area contributed by atoms with E-state index < -0.39 is 23.4 Å². The van der Waals surface area contributed by atoms with Crippen LogP contribution in [0.15, 0.2) is 42.6 Å². The summed E-state index contributed by atoms with van der Waals surface area (Å²) in [7, 11) is 1.58. The molecule has 2 aromatic carbocycles. The number of hydrogen-bond donors (Lipinski definition) is 2. The van der Waals surface area contributed by atoms with E-state index in [9.17, 15) is 4.79 Å². The molecule has 2 N–H and O–H groups in total. The van der Waals surface area contributed by atoms with Crippen LogP contribution in [0, 0.1) is 11.6 Å². The number of ether oxygens (including phenoxy) is 2. The van der Waals surface area contributed by atoms with E-state index in [0.717, 1.165) is 51.6 Å². The fraction of sp³-hybridized carbons (Fsp3) is 0.471. The van der Waals surface area contributed by atoms with E-state index in [-0.39, 0.29) is 28.8 Å². The van der Waals surface area contributed by atoms with E-state index >= 15 is 8.78 Å².